The second-order valence-electron chi connectivity index (χ2n) is 4.89. The van der Waals surface area contributed by atoms with Crippen molar-refractivity contribution < 1.29 is 9.47 Å². The maximum atomic E-state index is 5.70. The van der Waals surface area contributed by atoms with Gasteiger partial charge in [-0.05, 0) is 34.1 Å². The summed E-state index contributed by atoms with van der Waals surface area (Å²) >= 11 is 0. The van der Waals surface area contributed by atoms with E-state index in [9.17, 15) is 0 Å². The quantitative estimate of drug-likeness (QED) is 0.752. The maximum absolute atomic E-state index is 5.70. The lowest BCUT2D eigenvalue weighted by Crippen LogP contribution is -2.42. The van der Waals surface area contributed by atoms with Gasteiger partial charge < -0.3 is 14.8 Å². The molecule has 84 valence electrons. The highest BCUT2D eigenvalue weighted by atomic mass is 16.5. The molecule has 1 unspecified atom stereocenters. The van der Waals surface area contributed by atoms with Gasteiger partial charge in [0.25, 0.3) is 0 Å². The van der Waals surface area contributed by atoms with E-state index in [-0.39, 0.29) is 17.7 Å². The largest absolute Gasteiger partial charge is 0.376 e. The van der Waals surface area contributed by atoms with Crippen LogP contribution in [0, 0.1) is 0 Å². The van der Waals surface area contributed by atoms with Gasteiger partial charge in [-0.1, -0.05) is 0 Å². The van der Waals surface area contributed by atoms with Crippen LogP contribution in [0.3, 0.4) is 0 Å². The fraction of sp³-hybridized carbons (Fsp3) is 1.00. The van der Waals surface area contributed by atoms with Crippen molar-refractivity contribution in [1.29, 1.82) is 0 Å². The molecular weight excluding hydrogens is 178 g/mol. The Morgan fingerprint density at radius 3 is 2.86 bits per heavy atom. The summed E-state index contributed by atoms with van der Waals surface area (Å²) in [4.78, 5) is 0. The lowest BCUT2D eigenvalue weighted by molar-refractivity contribution is -0.0272. The molecule has 1 aliphatic heterocycles. The monoisotopic (exact) mass is 201 g/mol. The molecule has 1 atom stereocenters. The van der Waals surface area contributed by atoms with Crippen molar-refractivity contribution in [3.63, 3.8) is 0 Å². The van der Waals surface area contributed by atoms with Gasteiger partial charge in [-0.25, -0.2) is 0 Å². The summed E-state index contributed by atoms with van der Waals surface area (Å²) in [5.41, 5.74) is 0.201. The fourth-order valence-electron chi connectivity index (χ4n) is 1.43. The van der Waals surface area contributed by atoms with Crippen molar-refractivity contribution in [3.8, 4) is 0 Å². The van der Waals surface area contributed by atoms with Crippen molar-refractivity contribution in [2.24, 2.45) is 0 Å². The fourth-order valence-corrected chi connectivity index (χ4v) is 1.43. The molecule has 0 spiro atoms. The summed E-state index contributed by atoms with van der Waals surface area (Å²) in [6.07, 6.45) is 1.56. The molecule has 1 rings (SSSR count). The molecule has 3 nitrogen and oxygen atoms in total. The molecular formula is C11H23NO2. The summed E-state index contributed by atoms with van der Waals surface area (Å²) in [7, 11) is 0. The Morgan fingerprint density at radius 2 is 2.21 bits per heavy atom. The van der Waals surface area contributed by atoms with Gasteiger partial charge in [0.2, 0.25) is 0 Å². The van der Waals surface area contributed by atoms with E-state index in [0.717, 1.165) is 19.6 Å². The van der Waals surface area contributed by atoms with Crippen LogP contribution in [0.15, 0.2) is 0 Å². The highest BCUT2D eigenvalue weighted by Crippen LogP contribution is 2.13. The first-order valence-electron chi connectivity index (χ1n) is 5.48. The van der Waals surface area contributed by atoms with Crippen LogP contribution in [0.4, 0.5) is 0 Å². The van der Waals surface area contributed by atoms with Gasteiger partial charge in [-0.15, -0.1) is 0 Å². The van der Waals surface area contributed by atoms with E-state index in [1.807, 2.05) is 13.8 Å². The van der Waals surface area contributed by atoms with Crippen LogP contribution in [0.25, 0.3) is 0 Å². The van der Waals surface area contributed by atoms with Crippen LogP contribution in [0.1, 0.15) is 34.1 Å². The van der Waals surface area contributed by atoms with Crippen LogP contribution in [0.2, 0.25) is 0 Å². The maximum Gasteiger partial charge on any atom is 0.0932 e. The second-order valence-corrected chi connectivity index (χ2v) is 4.89. The summed E-state index contributed by atoms with van der Waals surface area (Å²) in [5.74, 6) is 0. The Hall–Kier alpha value is -0.120. The van der Waals surface area contributed by atoms with Gasteiger partial charge in [-0.3, -0.25) is 0 Å². The van der Waals surface area contributed by atoms with E-state index < -0.39 is 0 Å². The second kappa shape index (κ2) is 5.10. The standard InChI is InChI=1S/C11H23NO2/c1-9(2)14-8-10-7-12-11(3,4)5-6-13-10/h9-10,12H,5-8H2,1-4H3. The first kappa shape index (κ1) is 12.0. The minimum atomic E-state index is 0.201. The van der Waals surface area contributed by atoms with Crippen LogP contribution >= 0.6 is 0 Å². The smallest absolute Gasteiger partial charge is 0.0932 e. The number of hydrogen-bond donors (Lipinski definition) is 1. The zero-order valence-corrected chi connectivity index (χ0v) is 9.80. The van der Waals surface area contributed by atoms with Gasteiger partial charge >= 0.3 is 0 Å². The van der Waals surface area contributed by atoms with Crippen LogP contribution < -0.4 is 5.32 Å². The van der Waals surface area contributed by atoms with Gasteiger partial charge in [0.15, 0.2) is 0 Å². The molecule has 0 aromatic heterocycles. The molecule has 0 saturated carbocycles. The van der Waals surface area contributed by atoms with Gasteiger partial charge in [0.05, 0.1) is 18.8 Å². The van der Waals surface area contributed by atoms with E-state index in [0.29, 0.717) is 6.61 Å². The summed E-state index contributed by atoms with van der Waals surface area (Å²) in [6.45, 7) is 10.9. The molecule has 3 heteroatoms. The Labute approximate surface area is 87.2 Å². The summed E-state index contributed by atoms with van der Waals surface area (Å²) in [5, 5.41) is 3.49. The van der Waals surface area contributed by atoms with Gasteiger partial charge in [0.1, 0.15) is 0 Å². The average Bonchev–Trinajstić information content (AvgIpc) is 2.23. The SMILES string of the molecule is CC(C)OCC1CNC(C)(C)CCO1. The van der Waals surface area contributed by atoms with E-state index >= 15 is 0 Å². The number of nitrogens with one attached hydrogen (secondary N) is 1. The van der Waals surface area contributed by atoms with E-state index in [4.69, 9.17) is 9.47 Å². The van der Waals surface area contributed by atoms with Crippen molar-refractivity contribution in [2.45, 2.75) is 51.9 Å². The van der Waals surface area contributed by atoms with Crippen molar-refractivity contribution >= 4 is 0 Å². The molecule has 0 radical (unpaired) electrons. The third kappa shape index (κ3) is 4.40. The highest BCUT2D eigenvalue weighted by Gasteiger charge is 2.23. The number of hydrogen-bond acceptors (Lipinski definition) is 3. The van der Waals surface area contributed by atoms with E-state index in [1.165, 1.54) is 0 Å². The minimum Gasteiger partial charge on any atom is -0.376 e. The lowest BCUT2D eigenvalue weighted by atomic mass is 10.0. The third-order valence-corrected chi connectivity index (χ3v) is 2.50. The van der Waals surface area contributed by atoms with Crippen LogP contribution in [0.5, 0.6) is 0 Å². The van der Waals surface area contributed by atoms with Crippen molar-refractivity contribution in [2.75, 3.05) is 19.8 Å². The zero-order valence-electron chi connectivity index (χ0n) is 9.80. The molecule has 1 aliphatic rings. The molecule has 1 fully saturated rings. The van der Waals surface area contributed by atoms with Crippen LogP contribution in [-0.4, -0.2) is 37.5 Å². The predicted molar refractivity (Wildman–Crippen MR) is 57.5 cm³/mol. The molecule has 0 amide bonds. The number of ether oxygens (including phenoxy) is 2. The Bertz CT molecular complexity index is 169. The lowest BCUT2D eigenvalue weighted by Gasteiger charge is -2.23. The van der Waals surface area contributed by atoms with Gasteiger partial charge in [0, 0.05) is 18.7 Å². The normalized spacial score (nSPS) is 27.6. The van der Waals surface area contributed by atoms with E-state index in [2.05, 4.69) is 19.2 Å². The number of rotatable bonds is 3. The minimum absolute atomic E-state index is 0.201. The summed E-state index contributed by atoms with van der Waals surface area (Å²) in [6, 6.07) is 0. The van der Waals surface area contributed by atoms with Crippen molar-refractivity contribution in [1.82, 2.24) is 5.32 Å². The molecule has 1 N–H and O–H groups in total. The van der Waals surface area contributed by atoms with Gasteiger partial charge in [-0.2, -0.15) is 0 Å². The third-order valence-electron chi connectivity index (χ3n) is 2.50. The van der Waals surface area contributed by atoms with Crippen LogP contribution in [-0.2, 0) is 9.47 Å². The molecule has 0 aliphatic carbocycles. The molecule has 0 aromatic carbocycles. The Morgan fingerprint density at radius 1 is 1.50 bits per heavy atom. The van der Waals surface area contributed by atoms with Crippen molar-refractivity contribution in [3.05, 3.63) is 0 Å². The average molecular weight is 201 g/mol. The molecule has 1 saturated heterocycles. The van der Waals surface area contributed by atoms with E-state index in [1.54, 1.807) is 0 Å². The Balaban J connectivity index is 2.28. The molecule has 0 aromatic rings. The highest BCUT2D eigenvalue weighted by molar-refractivity contribution is 4.81. The topological polar surface area (TPSA) is 30.5 Å². The molecule has 0 bridgehead atoms. The molecule has 14 heavy (non-hydrogen) atoms. The first-order chi connectivity index (χ1) is 6.49. The Kier molecular flexibility index (Phi) is 4.35. The zero-order chi connectivity index (χ0) is 10.6. The summed E-state index contributed by atoms with van der Waals surface area (Å²) < 4.78 is 11.2. The first-order valence-corrected chi connectivity index (χ1v) is 5.48. The molecule has 1 heterocycles. The predicted octanol–water partition coefficient (Wildman–Crippen LogP) is 1.57.